The number of aliphatic hydroxyl groups is 1. The fraction of sp³-hybridized carbons (Fsp3) is 0.467. The van der Waals surface area contributed by atoms with Gasteiger partial charge in [-0.05, 0) is 12.8 Å². The molecule has 0 saturated carbocycles. The maximum absolute atomic E-state index is 11.5. The predicted octanol–water partition coefficient (Wildman–Crippen LogP) is -0.131. The highest BCUT2D eigenvalue weighted by atomic mass is 32.2. The van der Waals surface area contributed by atoms with E-state index in [0.717, 1.165) is 11.2 Å². The van der Waals surface area contributed by atoms with Crippen molar-refractivity contribution in [3.8, 4) is 11.8 Å². The lowest BCUT2D eigenvalue weighted by Gasteiger charge is -2.20. The van der Waals surface area contributed by atoms with Gasteiger partial charge >= 0.3 is 0 Å². The minimum absolute atomic E-state index is 0.152. The van der Waals surface area contributed by atoms with Gasteiger partial charge in [-0.2, -0.15) is 0 Å². The van der Waals surface area contributed by atoms with Gasteiger partial charge in [-0.3, -0.25) is 14.5 Å². The van der Waals surface area contributed by atoms with Gasteiger partial charge in [0.15, 0.2) is 0 Å². The van der Waals surface area contributed by atoms with E-state index in [-0.39, 0.29) is 36.2 Å². The van der Waals surface area contributed by atoms with Crippen molar-refractivity contribution in [2.45, 2.75) is 43.5 Å². The Morgan fingerprint density at radius 1 is 1.25 bits per heavy atom. The van der Waals surface area contributed by atoms with Gasteiger partial charge in [0.2, 0.25) is 26.8 Å². The molecule has 0 bridgehead atoms. The quantitative estimate of drug-likeness (QED) is 0.340. The highest BCUT2D eigenvalue weighted by Crippen LogP contribution is 2.17. The van der Waals surface area contributed by atoms with Crippen molar-refractivity contribution in [1.29, 1.82) is 0 Å². The van der Waals surface area contributed by atoms with Gasteiger partial charge in [-0.1, -0.05) is 11.8 Å². The zero-order chi connectivity index (χ0) is 17.7. The molecule has 24 heavy (non-hydrogen) atoms. The minimum atomic E-state index is -3.43. The first-order chi connectivity index (χ1) is 11.3. The van der Waals surface area contributed by atoms with E-state index < -0.39 is 16.1 Å². The summed E-state index contributed by atoms with van der Waals surface area (Å²) in [6.07, 6.45) is 4.09. The molecule has 8 nitrogen and oxygen atoms in total. The number of sulfone groups is 1. The van der Waals surface area contributed by atoms with Gasteiger partial charge in [0.05, 0.1) is 5.56 Å². The molecule has 0 spiro atoms. The molecule has 1 fully saturated rings. The zero-order valence-electron chi connectivity index (χ0n) is 13.1. The summed E-state index contributed by atoms with van der Waals surface area (Å²) in [7, 11) is -3.43. The molecule has 2 heterocycles. The van der Waals surface area contributed by atoms with E-state index in [0.29, 0.717) is 18.4 Å². The van der Waals surface area contributed by atoms with E-state index in [4.69, 9.17) is 0 Å². The van der Waals surface area contributed by atoms with E-state index in [2.05, 4.69) is 21.8 Å². The van der Waals surface area contributed by atoms with E-state index in [1.165, 1.54) is 12.4 Å². The Balaban J connectivity index is 1.82. The second-order valence-corrected chi connectivity index (χ2v) is 7.27. The van der Waals surface area contributed by atoms with Gasteiger partial charge in [-0.15, -0.1) is 0 Å². The number of imide groups is 1. The standard InChI is InChI=1S/C15H17N3O5S/c1-24(22,23)15-16-9-11(10-17-15)5-3-2-4-6-12(19)18-13(20)7-8-14(18)21/h9-10,12,19H,2,4,6-8H2,1H3. The van der Waals surface area contributed by atoms with E-state index in [9.17, 15) is 23.1 Å². The van der Waals surface area contributed by atoms with Crippen LogP contribution in [0, 0.1) is 11.8 Å². The lowest BCUT2D eigenvalue weighted by atomic mass is 10.2. The maximum atomic E-state index is 11.5. The van der Waals surface area contributed by atoms with Crippen molar-refractivity contribution in [3.05, 3.63) is 18.0 Å². The Morgan fingerprint density at radius 2 is 1.83 bits per heavy atom. The fourth-order valence-electron chi connectivity index (χ4n) is 2.17. The second kappa shape index (κ2) is 7.51. The molecular weight excluding hydrogens is 334 g/mol. The first-order valence-electron chi connectivity index (χ1n) is 7.33. The Labute approximate surface area is 139 Å². The molecule has 1 atom stereocenters. The van der Waals surface area contributed by atoms with Gasteiger partial charge in [0.25, 0.3) is 0 Å². The van der Waals surface area contributed by atoms with Crippen LogP contribution in [0.2, 0.25) is 0 Å². The van der Waals surface area contributed by atoms with Crippen molar-refractivity contribution < 1.29 is 23.1 Å². The van der Waals surface area contributed by atoms with Crippen LogP contribution in [-0.4, -0.2) is 52.7 Å². The van der Waals surface area contributed by atoms with Crippen molar-refractivity contribution in [2.24, 2.45) is 0 Å². The monoisotopic (exact) mass is 351 g/mol. The zero-order valence-corrected chi connectivity index (χ0v) is 13.9. The SMILES string of the molecule is CS(=O)(=O)c1ncc(C#CCCCC(O)N2C(=O)CCC2=O)cn1. The number of carbonyl (C=O) groups excluding carboxylic acids is 2. The highest BCUT2D eigenvalue weighted by molar-refractivity contribution is 7.90. The summed E-state index contributed by atoms with van der Waals surface area (Å²) in [4.78, 5) is 31.3. The molecule has 1 N–H and O–H groups in total. The Kier molecular flexibility index (Phi) is 5.64. The number of amides is 2. The average molecular weight is 351 g/mol. The van der Waals surface area contributed by atoms with Crippen molar-refractivity contribution in [1.82, 2.24) is 14.9 Å². The van der Waals surface area contributed by atoms with Gasteiger partial charge in [0.1, 0.15) is 6.23 Å². The van der Waals surface area contributed by atoms with E-state index in [1.54, 1.807) is 0 Å². The lowest BCUT2D eigenvalue weighted by molar-refractivity contribution is -0.149. The normalized spacial score (nSPS) is 16.0. The van der Waals surface area contributed by atoms with Gasteiger partial charge in [-0.25, -0.2) is 18.4 Å². The second-order valence-electron chi connectivity index (χ2n) is 5.36. The summed E-state index contributed by atoms with van der Waals surface area (Å²) in [6, 6.07) is 0. The number of hydrogen-bond acceptors (Lipinski definition) is 7. The third kappa shape index (κ3) is 4.59. The molecule has 9 heteroatoms. The van der Waals surface area contributed by atoms with Crippen LogP contribution < -0.4 is 0 Å². The number of aromatic nitrogens is 2. The smallest absolute Gasteiger partial charge is 0.246 e. The number of unbranched alkanes of at least 4 members (excludes halogenated alkanes) is 1. The van der Waals surface area contributed by atoms with Crippen LogP contribution in [0.1, 0.15) is 37.7 Å². The van der Waals surface area contributed by atoms with Crippen molar-refractivity contribution in [3.63, 3.8) is 0 Å². The molecule has 0 aromatic carbocycles. The summed E-state index contributed by atoms with van der Waals surface area (Å²) in [6.45, 7) is 0. The largest absolute Gasteiger partial charge is 0.373 e. The summed E-state index contributed by atoms with van der Waals surface area (Å²) < 4.78 is 22.5. The molecule has 1 aliphatic heterocycles. The molecular formula is C15H17N3O5S. The van der Waals surface area contributed by atoms with Crippen LogP contribution in [0.4, 0.5) is 0 Å². The number of hydrogen-bond donors (Lipinski definition) is 1. The number of likely N-dealkylation sites (tertiary alicyclic amines) is 1. The molecule has 1 aliphatic rings. The lowest BCUT2D eigenvalue weighted by Crippen LogP contribution is -2.39. The van der Waals surface area contributed by atoms with Crippen molar-refractivity contribution in [2.75, 3.05) is 6.26 Å². The number of nitrogens with zero attached hydrogens (tertiary/aromatic N) is 3. The summed E-state index contributed by atoms with van der Waals surface area (Å²) in [5.74, 6) is 4.94. The molecule has 1 saturated heterocycles. The van der Waals surface area contributed by atoms with E-state index >= 15 is 0 Å². The Bertz CT molecular complexity index is 777. The summed E-state index contributed by atoms with van der Waals surface area (Å²) in [5, 5.41) is 9.62. The molecule has 1 aromatic rings. The first kappa shape index (κ1) is 18.0. The third-order valence-corrected chi connectivity index (χ3v) is 4.22. The summed E-state index contributed by atoms with van der Waals surface area (Å²) >= 11 is 0. The number of carbonyl (C=O) groups is 2. The van der Waals surface area contributed by atoms with Crippen LogP contribution in [0.25, 0.3) is 0 Å². The summed E-state index contributed by atoms with van der Waals surface area (Å²) in [5.41, 5.74) is 0.479. The molecule has 2 rings (SSSR count). The highest BCUT2D eigenvalue weighted by Gasteiger charge is 2.33. The van der Waals surface area contributed by atoms with Gasteiger partial charge < -0.3 is 5.11 Å². The Morgan fingerprint density at radius 3 is 2.38 bits per heavy atom. The predicted molar refractivity (Wildman–Crippen MR) is 83.0 cm³/mol. The molecule has 0 radical (unpaired) electrons. The molecule has 1 unspecified atom stereocenters. The molecule has 128 valence electrons. The van der Waals surface area contributed by atoms with Crippen LogP contribution in [-0.2, 0) is 19.4 Å². The number of rotatable bonds is 5. The van der Waals surface area contributed by atoms with Crippen LogP contribution in [0.15, 0.2) is 17.6 Å². The molecule has 2 amide bonds. The average Bonchev–Trinajstić information content (AvgIpc) is 2.85. The van der Waals surface area contributed by atoms with Gasteiger partial charge in [0, 0.05) is 37.9 Å². The fourth-order valence-corrected chi connectivity index (χ4v) is 2.65. The van der Waals surface area contributed by atoms with E-state index in [1.807, 2.05) is 0 Å². The van der Waals surface area contributed by atoms with Crippen molar-refractivity contribution >= 4 is 21.7 Å². The third-order valence-electron chi connectivity index (χ3n) is 3.34. The Hall–Kier alpha value is -2.31. The first-order valence-corrected chi connectivity index (χ1v) is 9.22. The topological polar surface area (TPSA) is 118 Å². The van der Waals surface area contributed by atoms with Crippen LogP contribution in [0.3, 0.4) is 0 Å². The number of aliphatic hydroxyl groups excluding tert-OH is 1. The van der Waals surface area contributed by atoms with Crippen LogP contribution >= 0.6 is 0 Å². The minimum Gasteiger partial charge on any atom is -0.373 e. The molecule has 1 aromatic heterocycles. The molecule has 0 aliphatic carbocycles. The maximum Gasteiger partial charge on any atom is 0.246 e. The van der Waals surface area contributed by atoms with Crippen LogP contribution in [0.5, 0.6) is 0 Å².